The van der Waals surface area contributed by atoms with Crippen LogP contribution in [0.3, 0.4) is 0 Å². The normalized spacial score (nSPS) is 21.5. The van der Waals surface area contributed by atoms with E-state index in [0.29, 0.717) is 24.6 Å². The van der Waals surface area contributed by atoms with Gasteiger partial charge < -0.3 is 20.1 Å². The van der Waals surface area contributed by atoms with E-state index in [4.69, 9.17) is 26.8 Å². The van der Waals surface area contributed by atoms with E-state index in [1.165, 1.54) is 0 Å². The number of anilines is 1. The van der Waals surface area contributed by atoms with Crippen molar-refractivity contribution in [3.8, 4) is 5.75 Å². The zero-order chi connectivity index (χ0) is 18.3. The highest BCUT2D eigenvalue weighted by molar-refractivity contribution is 6.30. The van der Waals surface area contributed by atoms with Crippen LogP contribution in [0.2, 0.25) is 5.02 Å². The second-order valence-electron chi connectivity index (χ2n) is 6.89. The van der Waals surface area contributed by atoms with Crippen LogP contribution in [0.4, 0.5) is 5.69 Å². The second-order valence-corrected chi connectivity index (χ2v) is 7.33. The van der Waals surface area contributed by atoms with Gasteiger partial charge in [0, 0.05) is 34.4 Å². The average Bonchev–Trinajstić information content (AvgIpc) is 2.63. The van der Waals surface area contributed by atoms with Crippen LogP contribution in [-0.2, 0) is 22.7 Å². The van der Waals surface area contributed by atoms with E-state index < -0.39 is 0 Å². The highest BCUT2D eigenvalue weighted by Gasteiger charge is 2.33. The van der Waals surface area contributed by atoms with Gasteiger partial charge in [0.1, 0.15) is 5.75 Å². The number of amides is 1. The summed E-state index contributed by atoms with van der Waals surface area (Å²) in [6, 6.07) is 12.0. The lowest BCUT2D eigenvalue weighted by Crippen LogP contribution is -2.41. The van der Waals surface area contributed by atoms with Gasteiger partial charge in [0.05, 0.1) is 12.5 Å². The molecule has 0 bridgehead atoms. The molecule has 0 saturated carbocycles. The molecule has 2 aromatic carbocycles. The van der Waals surface area contributed by atoms with Crippen molar-refractivity contribution in [2.75, 3.05) is 11.7 Å². The maximum absolute atomic E-state index is 11.9. The van der Waals surface area contributed by atoms with Crippen molar-refractivity contribution >= 4 is 23.2 Å². The number of nitrogens with zero attached hydrogens (tertiary/aromatic N) is 1. The molecular weight excluding hydrogens is 352 g/mol. The van der Waals surface area contributed by atoms with E-state index in [0.717, 1.165) is 28.1 Å². The molecule has 0 fully saturated rings. The molecule has 4 rings (SSSR count). The van der Waals surface area contributed by atoms with Gasteiger partial charge in [0.2, 0.25) is 5.91 Å². The van der Waals surface area contributed by atoms with Gasteiger partial charge in [-0.25, -0.2) is 0 Å². The summed E-state index contributed by atoms with van der Waals surface area (Å²) >= 11 is 6.31. The van der Waals surface area contributed by atoms with Crippen molar-refractivity contribution in [1.82, 2.24) is 0 Å². The standard InChI is InChI=1S/C20H21ClN2O3/c1-12-6-17(20(22)24)16-4-2-3-5-18(16)23(12)9-13-7-15(21)8-14-10-25-11-26-19(13)14/h2-5,7-8,12,17H,6,9-11H2,1H3,(H2,22,24). The largest absolute Gasteiger partial charge is 0.467 e. The first-order chi connectivity index (χ1) is 12.5. The van der Waals surface area contributed by atoms with Crippen LogP contribution < -0.4 is 15.4 Å². The summed E-state index contributed by atoms with van der Waals surface area (Å²) in [5.41, 5.74) is 9.65. The van der Waals surface area contributed by atoms with Gasteiger partial charge in [-0.1, -0.05) is 29.8 Å². The molecular formula is C20H21ClN2O3. The van der Waals surface area contributed by atoms with Crippen molar-refractivity contribution in [3.05, 3.63) is 58.1 Å². The van der Waals surface area contributed by atoms with Gasteiger partial charge in [-0.15, -0.1) is 0 Å². The summed E-state index contributed by atoms with van der Waals surface area (Å²) in [6.07, 6.45) is 0.694. The van der Waals surface area contributed by atoms with Gasteiger partial charge in [0.15, 0.2) is 6.79 Å². The minimum atomic E-state index is -0.274. The molecule has 1 amide bonds. The fourth-order valence-electron chi connectivity index (χ4n) is 3.94. The van der Waals surface area contributed by atoms with Crippen molar-refractivity contribution < 1.29 is 14.3 Å². The summed E-state index contributed by atoms with van der Waals surface area (Å²) in [5, 5.41) is 0.667. The van der Waals surface area contributed by atoms with Crippen molar-refractivity contribution in [2.24, 2.45) is 5.73 Å². The molecule has 6 heteroatoms. The third-order valence-electron chi connectivity index (χ3n) is 5.17. The van der Waals surface area contributed by atoms with E-state index in [1.807, 2.05) is 36.4 Å². The summed E-state index contributed by atoms with van der Waals surface area (Å²) in [7, 11) is 0. The van der Waals surface area contributed by atoms with Gasteiger partial charge in [0.25, 0.3) is 0 Å². The van der Waals surface area contributed by atoms with E-state index in [2.05, 4.69) is 11.8 Å². The number of carbonyl (C=O) groups excluding carboxylic acids is 1. The van der Waals surface area contributed by atoms with E-state index >= 15 is 0 Å². The number of para-hydroxylation sites is 1. The van der Waals surface area contributed by atoms with Gasteiger partial charge in [-0.2, -0.15) is 0 Å². The first-order valence-electron chi connectivity index (χ1n) is 8.71. The summed E-state index contributed by atoms with van der Waals surface area (Å²) in [4.78, 5) is 14.2. The minimum absolute atomic E-state index is 0.164. The zero-order valence-electron chi connectivity index (χ0n) is 14.6. The predicted octanol–water partition coefficient (Wildman–Crippen LogP) is 3.57. The lowest BCUT2D eigenvalue weighted by Gasteiger charge is -2.40. The first kappa shape index (κ1) is 17.2. The molecule has 5 nitrogen and oxygen atoms in total. The highest BCUT2D eigenvalue weighted by Crippen LogP contribution is 2.41. The highest BCUT2D eigenvalue weighted by atomic mass is 35.5. The maximum atomic E-state index is 11.9. The molecule has 0 aromatic heterocycles. The Morgan fingerprint density at radius 3 is 2.96 bits per heavy atom. The number of fused-ring (bicyclic) bond motifs is 2. The molecule has 2 aliphatic heterocycles. The third-order valence-corrected chi connectivity index (χ3v) is 5.38. The van der Waals surface area contributed by atoms with E-state index in [9.17, 15) is 4.79 Å². The van der Waals surface area contributed by atoms with Crippen molar-refractivity contribution in [2.45, 2.75) is 38.5 Å². The van der Waals surface area contributed by atoms with Crippen LogP contribution in [0.15, 0.2) is 36.4 Å². The summed E-state index contributed by atoms with van der Waals surface area (Å²) in [6.45, 7) is 3.51. The molecule has 2 heterocycles. The number of hydrogen-bond donors (Lipinski definition) is 1. The van der Waals surface area contributed by atoms with E-state index in [-0.39, 0.29) is 24.7 Å². The number of carbonyl (C=O) groups is 1. The molecule has 2 aromatic rings. The number of ether oxygens (including phenoxy) is 2. The van der Waals surface area contributed by atoms with Gasteiger partial charge >= 0.3 is 0 Å². The Bertz CT molecular complexity index is 855. The maximum Gasteiger partial charge on any atom is 0.225 e. The first-order valence-corrected chi connectivity index (χ1v) is 9.09. The van der Waals surface area contributed by atoms with Crippen LogP contribution in [0.5, 0.6) is 5.75 Å². The fraction of sp³-hybridized carbons (Fsp3) is 0.350. The van der Waals surface area contributed by atoms with E-state index in [1.54, 1.807) is 0 Å². The average molecular weight is 373 g/mol. The van der Waals surface area contributed by atoms with Crippen LogP contribution in [0.25, 0.3) is 0 Å². The molecule has 0 aliphatic carbocycles. The van der Waals surface area contributed by atoms with Crippen LogP contribution >= 0.6 is 11.6 Å². The number of benzene rings is 2. The zero-order valence-corrected chi connectivity index (χ0v) is 15.3. The Morgan fingerprint density at radius 2 is 2.15 bits per heavy atom. The molecule has 2 atom stereocenters. The fourth-order valence-corrected chi connectivity index (χ4v) is 4.21. The molecule has 0 radical (unpaired) electrons. The minimum Gasteiger partial charge on any atom is -0.467 e. The lowest BCUT2D eigenvalue weighted by molar-refractivity contribution is -0.119. The molecule has 0 saturated heterocycles. The Kier molecular flexibility index (Phi) is 4.51. The Hall–Kier alpha value is -2.24. The Balaban J connectivity index is 1.74. The van der Waals surface area contributed by atoms with Crippen LogP contribution in [0, 0.1) is 0 Å². The smallest absolute Gasteiger partial charge is 0.225 e. The predicted molar refractivity (Wildman–Crippen MR) is 100 cm³/mol. The topological polar surface area (TPSA) is 64.8 Å². The number of nitrogens with two attached hydrogens (primary N) is 1. The summed E-state index contributed by atoms with van der Waals surface area (Å²) in [5.74, 6) is 0.322. The molecule has 2 N–H and O–H groups in total. The summed E-state index contributed by atoms with van der Waals surface area (Å²) < 4.78 is 11.1. The Morgan fingerprint density at radius 1 is 1.35 bits per heavy atom. The van der Waals surface area contributed by atoms with Crippen molar-refractivity contribution in [1.29, 1.82) is 0 Å². The van der Waals surface area contributed by atoms with Crippen LogP contribution in [-0.4, -0.2) is 18.7 Å². The lowest BCUT2D eigenvalue weighted by atomic mass is 9.85. The molecule has 26 heavy (non-hydrogen) atoms. The van der Waals surface area contributed by atoms with Gasteiger partial charge in [-0.05, 0) is 37.1 Å². The van der Waals surface area contributed by atoms with Crippen LogP contribution in [0.1, 0.15) is 36.0 Å². The second kappa shape index (κ2) is 6.82. The molecule has 2 unspecified atom stereocenters. The molecule has 136 valence electrons. The quantitative estimate of drug-likeness (QED) is 0.894. The van der Waals surface area contributed by atoms with Gasteiger partial charge in [-0.3, -0.25) is 4.79 Å². The SMILES string of the molecule is CC1CC(C(N)=O)c2ccccc2N1Cc1cc(Cl)cc2c1OCOC2. The molecule has 2 aliphatic rings. The van der Waals surface area contributed by atoms with Crippen molar-refractivity contribution in [3.63, 3.8) is 0 Å². The number of halogens is 1. The number of primary amides is 1. The number of rotatable bonds is 3. The number of hydrogen-bond acceptors (Lipinski definition) is 4. The third kappa shape index (κ3) is 3.02. The molecule has 0 spiro atoms. The monoisotopic (exact) mass is 372 g/mol. The Labute approximate surface area is 157 Å².